The van der Waals surface area contributed by atoms with Crippen molar-refractivity contribution < 1.29 is 9.21 Å². The van der Waals surface area contributed by atoms with Crippen molar-refractivity contribution in [1.82, 2.24) is 14.9 Å². The summed E-state index contributed by atoms with van der Waals surface area (Å²) in [6, 6.07) is 4.99. The van der Waals surface area contributed by atoms with Gasteiger partial charge in [0.2, 0.25) is 5.91 Å². The summed E-state index contributed by atoms with van der Waals surface area (Å²) in [6.07, 6.45) is 3.07. The van der Waals surface area contributed by atoms with Crippen molar-refractivity contribution in [3.63, 3.8) is 0 Å². The minimum atomic E-state index is -0.232. The fourth-order valence-corrected chi connectivity index (χ4v) is 3.10. The van der Waals surface area contributed by atoms with E-state index in [1.807, 2.05) is 0 Å². The second-order valence-electron chi connectivity index (χ2n) is 4.48. The summed E-state index contributed by atoms with van der Waals surface area (Å²) in [4.78, 5) is 28.0. The van der Waals surface area contributed by atoms with E-state index in [0.29, 0.717) is 29.8 Å². The van der Waals surface area contributed by atoms with E-state index < -0.39 is 0 Å². The van der Waals surface area contributed by atoms with Crippen molar-refractivity contribution in [3.05, 3.63) is 46.8 Å². The van der Waals surface area contributed by atoms with Crippen molar-refractivity contribution in [1.29, 1.82) is 0 Å². The number of aromatic nitrogens is 2. The molecule has 1 N–H and O–H groups in total. The number of nitrogens with zero attached hydrogens (tertiary/aromatic N) is 2. The number of amides is 1. The number of furan rings is 1. The summed E-state index contributed by atoms with van der Waals surface area (Å²) in [5.41, 5.74) is -0.119. The zero-order chi connectivity index (χ0) is 13.9. The minimum Gasteiger partial charge on any atom is -0.467 e. The Hall–Kier alpha value is -2.02. The normalized spacial score (nSPS) is 17.5. The van der Waals surface area contributed by atoms with E-state index in [9.17, 15) is 9.59 Å². The van der Waals surface area contributed by atoms with Gasteiger partial charge in [-0.05, 0) is 12.1 Å². The van der Waals surface area contributed by atoms with E-state index in [2.05, 4.69) is 10.3 Å². The standard InChI is InChI=1S/C13H13N3O3S/c17-11-3-4-14-13-16(11)7-9(8-20-13)12(18)15-6-10-2-1-5-19-10/h1-5,9H,6-8H2,(H,15,18)/t9-/m0/s1. The summed E-state index contributed by atoms with van der Waals surface area (Å²) >= 11 is 1.43. The average molecular weight is 291 g/mol. The Morgan fingerprint density at radius 1 is 1.55 bits per heavy atom. The van der Waals surface area contributed by atoms with Crippen LogP contribution in [-0.2, 0) is 17.9 Å². The number of fused-ring (bicyclic) bond motifs is 1. The summed E-state index contributed by atoms with van der Waals surface area (Å²) in [6.45, 7) is 0.737. The predicted octanol–water partition coefficient (Wildman–Crippen LogP) is 0.875. The Labute approximate surface area is 119 Å². The number of carbonyl (C=O) groups is 1. The molecule has 2 aromatic rings. The van der Waals surface area contributed by atoms with Gasteiger partial charge in [-0.2, -0.15) is 0 Å². The fourth-order valence-electron chi connectivity index (χ4n) is 2.04. The SMILES string of the molecule is O=C(NCc1ccco1)[C@@H]1CSc2nccc(=O)n2C1. The van der Waals surface area contributed by atoms with E-state index in [1.165, 1.54) is 24.0 Å². The van der Waals surface area contributed by atoms with Gasteiger partial charge in [-0.15, -0.1) is 0 Å². The van der Waals surface area contributed by atoms with Crippen molar-refractivity contribution >= 4 is 17.7 Å². The Balaban J connectivity index is 1.66. The predicted molar refractivity (Wildman–Crippen MR) is 73.3 cm³/mol. The first kappa shape index (κ1) is 13.0. The molecule has 0 aromatic carbocycles. The van der Waals surface area contributed by atoms with Gasteiger partial charge in [0.15, 0.2) is 5.16 Å². The van der Waals surface area contributed by atoms with Crippen molar-refractivity contribution in [2.24, 2.45) is 5.92 Å². The van der Waals surface area contributed by atoms with Gasteiger partial charge in [0.05, 0.1) is 18.7 Å². The molecule has 6 nitrogen and oxygen atoms in total. The number of hydrogen-bond donors (Lipinski definition) is 1. The molecule has 1 aliphatic heterocycles. The molecule has 0 saturated carbocycles. The third-order valence-electron chi connectivity index (χ3n) is 3.10. The van der Waals surface area contributed by atoms with Gasteiger partial charge >= 0.3 is 0 Å². The van der Waals surface area contributed by atoms with Gasteiger partial charge in [-0.3, -0.25) is 14.2 Å². The van der Waals surface area contributed by atoms with Crippen LogP contribution in [-0.4, -0.2) is 21.2 Å². The first-order valence-electron chi connectivity index (χ1n) is 6.23. The molecule has 0 saturated heterocycles. The first-order valence-corrected chi connectivity index (χ1v) is 7.21. The number of rotatable bonds is 3. The molecule has 20 heavy (non-hydrogen) atoms. The third kappa shape index (κ3) is 2.62. The summed E-state index contributed by atoms with van der Waals surface area (Å²) in [5, 5.41) is 3.50. The van der Waals surface area contributed by atoms with Crippen LogP contribution in [0.5, 0.6) is 0 Å². The zero-order valence-corrected chi connectivity index (χ0v) is 11.4. The highest BCUT2D eigenvalue weighted by Crippen LogP contribution is 2.24. The quantitative estimate of drug-likeness (QED) is 0.849. The largest absolute Gasteiger partial charge is 0.467 e. The Morgan fingerprint density at radius 2 is 2.45 bits per heavy atom. The molecule has 1 amide bonds. The molecular formula is C13H13N3O3S. The van der Waals surface area contributed by atoms with Gasteiger partial charge in [-0.25, -0.2) is 4.98 Å². The fraction of sp³-hybridized carbons (Fsp3) is 0.308. The Morgan fingerprint density at radius 3 is 3.25 bits per heavy atom. The molecule has 3 heterocycles. The number of carbonyl (C=O) groups excluding carboxylic acids is 1. The lowest BCUT2D eigenvalue weighted by Gasteiger charge is -2.23. The molecular weight excluding hydrogens is 278 g/mol. The van der Waals surface area contributed by atoms with E-state index >= 15 is 0 Å². The lowest BCUT2D eigenvalue weighted by Crippen LogP contribution is -2.39. The van der Waals surface area contributed by atoms with Crippen LogP contribution in [0.3, 0.4) is 0 Å². The van der Waals surface area contributed by atoms with Gasteiger partial charge < -0.3 is 9.73 Å². The van der Waals surface area contributed by atoms with E-state index in [1.54, 1.807) is 23.0 Å². The van der Waals surface area contributed by atoms with Gasteiger partial charge in [0.1, 0.15) is 5.76 Å². The van der Waals surface area contributed by atoms with Crippen LogP contribution in [0.25, 0.3) is 0 Å². The van der Waals surface area contributed by atoms with Crippen LogP contribution >= 0.6 is 11.8 Å². The van der Waals surface area contributed by atoms with Crippen molar-refractivity contribution in [2.45, 2.75) is 18.2 Å². The van der Waals surface area contributed by atoms with Crippen molar-refractivity contribution in [3.8, 4) is 0 Å². The lowest BCUT2D eigenvalue weighted by molar-refractivity contribution is -0.125. The van der Waals surface area contributed by atoms with Crippen LogP contribution in [0, 0.1) is 5.92 Å². The monoisotopic (exact) mass is 291 g/mol. The highest BCUT2D eigenvalue weighted by Gasteiger charge is 2.26. The molecule has 0 spiro atoms. The van der Waals surface area contributed by atoms with Crippen LogP contribution in [0.15, 0.2) is 45.0 Å². The summed E-state index contributed by atoms with van der Waals surface area (Å²) < 4.78 is 6.71. The zero-order valence-electron chi connectivity index (χ0n) is 10.6. The third-order valence-corrected chi connectivity index (χ3v) is 4.26. The summed E-state index contributed by atoms with van der Waals surface area (Å²) in [7, 11) is 0. The second kappa shape index (κ2) is 5.54. The molecule has 0 aliphatic carbocycles. The van der Waals surface area contributed by atoms with E-state index in [-0.39, 0.29) is 17.4 Å². The molecule has 0 bridgehead atoms. The molecule has 0 radical (unpaired) electrons. The lowest BCUT2D eigenvalue weighted by atomic mass is 10.1. The highest BCUT2D eigenvalue weighted by molar-refractivity contribution is 7.99. The van der Waals surface area contributed by atoms with E-state index in [0.717, 1.165) is 0 Å². The molecule has 3 rings (SSSR count). The van der Waals surface area contributed by atoms with Crippen LogP contribution in [0.2, 0.25) is 0 Å². The molecule has 7 heteroatoms. The van der Waals surface area contributed by atoms with Crippen LogP contribution < -0.4 is 10.9 Å². The molecule has 1 atom stereocenters. The van der Waals surface area contributed by atoms with E-state index in [4.69, 9.17) is 4.42 Å². The number of nitrogens with one attached hydrogen (secondary N) is 1. The summed E-state index contributed by atoms with van der Waals surface area (Å²) in [5.74, 6) is 1.03. The smallest absolute Gasteiger partial charge is 0.254 e. The molecule has 0 fully saturated rings. The van der Waals surface area contributed by atoms with Crippen LogP contribution in [0.4, 0.5) is 0 Å². The maximum absolute atomic E-state index is 12.1. The van der Waals surface area contributed by atoms with Gasteiger partial charge in [0, 0.05) is 24.6 Å². The highest BCUT2D eigenvalue weighted by atomic mass is 32.2. The Bertz CT molecular complexity index is 666. The topological polar surface area (TPSA) is 77.1 Å². The minimum absolute atomic E-state index is 0.0738. The van der Waals surface area contributed by atoms with Gasteiger partial charge in [0.25, 0.3) is 5.56 Å². The van der Waals surface area contributed by atoms with Crippen molar-refractivity contribution in [2.75, 3.05) is 5.75 Å². The average Bonchev–Trinajstić information content (AvgIpc) is 2.98. The molecule has 104 valence electrons. The Kier molecular flexibility index (Phi) is 3.60. The van der Waals surface area contributed by atoms with Crippen LogP contribution in [0.1, 0.15) is 5.76 Å². The molecule has 1 aliphatic rings. The molecule has 0 unspecified atom stereocenters. The molecule has 2 aromatic heterocycles. The maximum Gasteiger partial charge on any atom is 0.254 e. The maximum atomic E-state index is 12.1. The van der Waals surface area contributed by atoms with Gasteiger partial charge in [-0.1, -0.05) is 11.8 Å². The first-order chi connectivity index (χ1) is 9.74. The number of thioether (sulfide) groups is 1. The number of hydrogen-bond acceptors (Lipinski definition) is 5. The second-order valence-corrected chi connectivity index (χ2v) is 5.47.